The lowest BCUT2D eigenvalue weighted by molar-refractivity contribution is -0.117. The molecule has 0 spiro atoms. The Balaban J connectivity index is 1.84. The van der Waals surface area contributed by atoms with E-state index in [0.29, 0.717) is 17.9 Å². The van der Waals surface area contributed by atoms with E-state index in [1.807, 2.05) is 41.1 Å². The first-order valence-electron chi connectivity index (χ1n) is 8.76. The summed E-state index contributed by atoms with van der Waals surface area (Å²) >= 11 is 1.50. The highest BCUT2D eigenvalue weighted by molar-refractivity contribution is 7.09. The summed E-state index contributed by atoms with van der Waals surface area (Å²) in [5, 5.41) is 22.0. The topological polar surface area (TPSA) is 79.8 Å². The minimum absolute atomic E-state index is 0.0587. The van der Waals surface area contributed by atoms with Gasteiger partial charge in [0.15, 0.2) is 5.69 Å². The minimum Gasteiger partial charge on any atom is -0.493 e. The summed E-state index contributed by atoms with van der Waals surface area (Å²) in [5.41, 5.74) is 1.94. The Labute approximate surface area is 156 Å². The van der Waals surface area contributed by atoms with E-state index in [1.165, 1.54) is 11.3 Å². The van der Waals surface area contributed by atoms with Gasteiger partial charge in [-0.1, -0.05) is 38.0 Å². The van der Waals surface area contributed by atoms with Gasteiger partial charge in [0.25, 0.3) is 5.91 Å². The molecule has 7 heteroatoms. The zero-order valence-electron chi connectivity index (χ0n) is 15.0. The van der Waals surface area contributed by atoms with Gasteiger partial charge in [0, 0.05) is 17.3 Å². The van der Waals surface area contributed by atoms with Gasteiger partial charge in [0.05, 0.1) is 22.6 Å². The smallest absolute Gasteiger partial charge is 0.270 e. The second kappa shape index (κ2) is 8.23. The average Bonchev–Trinajstić information content (AvgIpc) is 3.15. The fraction of sp³-hybridized carbons (Fsp3) is 0.368. The Morgan fingerprint density at radius 1 is 1.31 bits per heavy atom. The summed E-state index contributed by atoms with van der Waals surface area (Å²) < 4.78 is 1.84. The van der Waals surface area contributed by atoms with Crippen molar-refractivity contribution < 1.29 is 9.90 Å². The zero-order valence-corrected chi connectivity index (χ0v) is 15.8. The summed E-state index contributed by atoms with van der Waals surface area (Å²) in [6.45, 7) is 4.75. The van der Waals surface area contributed by atoms with E-state index in [9.17, 15) is 9.90 Å². The largest absolute Gasteiger partial charge is 0.493 e. The molecule has 6 nitrogen and oxygen atoms in total. The van der Waals surface area contributed by atoms with Crippen LogP contribution in [0.4, 0.5) is 5.69 Å². The van der Waals surface area contributed by atoms with Crippen LogP contribution in [0.2, 0.25) is 0 Å². The molecular formula is C19H22N4O2S. The molecule has 0 saturated heterocycles. The Kier molecular flexibility index (Phi) is 5.78. The number of amides is 1. The molecule has 0 aliphatic carbocycles. The van der Waals surface area contributed by atoms with Crippen LogP contribution in [0.25, 0.3) is 10.9 Å². The molecule has 0 bridgehead atoms. The van der Waals surface area contributed by atoms with Crippen molar-refractivity contribution in [3.05, 3.63) is 40.3 Å². The number of aromatic hydroxyl groups is 1. The number of para-hydroxylation sites is 1. The molecule has 1 amide bonds. The number of hydrogen-bond acceptors (Lipinski definition) is 5. The summed E-state index contributed by atoms with van der Waals surface area (Å²) in [6.07, 6.45) is 3.29. The third-order valence-corrected chi connectivity index (χ3v) is 4.99. The Morgan fingerprint density at radius 2 is 2.12 bits per heavy atom. The number of carbonyl (C=O) groups excluding carboxylic acids is 1. The van der Waals surface area contributed by atoms with Crippen LogP contribution in [0.3, 0.4) is 0 Å². The molecule has 0 atom stereocenters. The maximum absolute atomic E-state index is 12.1. The fourth-order valence-electron chi connectivity index (χ4n) is 2.90. The van der Waals surface area contributed by atoms with Crippen molar-refractivity contribution in [3.63, 3.8) is 0 Å². The maximum atomic E-state index is 12.1. The number of carbonyl (C=O) groups is 1. The second-order valence-electron chi connectivity index (χ2n) is 6.18. The molecule has 0 radical (unpaired) electrons. The molecule has 0 aliphatic rings. The van der Waals surface area contributed by atoms with E-state index >= 15 is 0 Å². The highest BCUT2D eigenvalue weighted by Crippen LogP contribution is 2.39. The van der Waals surface area contributed by atoms with Crippen molar-refractivity contribution in [2.45, 2.75) is 46.1 Å². The summed E-state index contributed by atoms with van der Waals surface area (Å²) in [6, 6.07) is 7.64. The Morgan fingerprint density at radius 3 is 2.85 bits per heavy atom. The lowest BCUT2D eigenvalue weighted by Crippen LogP contribution is -1.98. The van der Waals surface area contributed by atoms with Crippen LogP contribution in [0.1, 0.15) is 36.9 Å². The molecule has 0 saturated carbocycles. The molecule has 26 heavy (non-hydrogen) atoms. The summed E-state index contributed by atoms with van der Waals surface area (Å²) in [5.74, 6) is -0.319. The fourth-order valence-corrected chi connectivity index (χ4v) is 3.51. The summed E-state index contributed by atoms with van der Waals surface area (Å²) in [7, 11) is 0. The van der Waals surface area contributed by atoms with Crippen molar-refractivity contribution in [2.75, 3.05) is 0 Å². The van der Waals surface area contributed by atoms with Crippen molar-refractivity contribution in [2.24, 2.45) is 10.2 Å². The van der Waals surface area contributed by atoms with Crippen LogP contribution in [-0.4, -0.2) is 20.6 Å². The number of nitrogens with zero attached hydrogens (tertiary/aromatic N) is 4. The van der Waals surface area contributed by atoms with E-state index in [-0.39, 0.29) is 18.2 Å². The number of aromatic nitrogens is 2. The van der Waals surface area contributed by atoms with Crippen molar-refractivity contribution >= 4 is 33.8 Å². The second-order valence-corrected chi connectivity index (χ2v) is 7.24. The van der Waals surface area contributed by atoms with E-state index < -0.39 is 0 Å². The minimum atomic E-state index is -0.377. The number of unbranched alkanes of at least 4 members (excludes halogenated alkanes) is 2. The molecule has 136 valence electrons. The van der Waals surface area contributed by atoms with Crippen LogP contribution in [0.5, 0.6) is 5.88 Å². The van der Waals surface area contributed by atoms with E-state index in [0.717, 1.165) is 35.2 Å². The van der Waals surface area contributed by atoms with Crippen molar-refractivity contribution in [1.29, 1.82) is 0 Å². The first-order chi connectivity index (χ1) is 12.6. The van der Waals surface area contributed by atoms with Gasteiger partial charge in [-0.25, -0.2) is 4.98 Å². The predicted octanol–water partition coefficient (Wildman–Crippen LogP) is 5.16. The molecule has 3 aromatic rings. The molecule has 0 fully saturated rings. The molecule has 0 aliphatic heterocycles. The number of azo groups is 1. The average molecular weight is 370 g/mol. The van der Waals surface area contributed by atoms with Crippen LogP contribution in [-0.2, 0) is 17.8 Å². The molecule has 0 unspecified atom stereocenters. The van der Waals surface area contributed by atoms with Crippen LogP contribution in [0.15, 0.2) is 39.9 Å². The first-order valence-corrected chi connectivity index (χ1v) is 9.64. The maximum Gasteiger partial charge on any atom is 0.270 e. The van der Waals surface area contributed by atoms with Gasteiger partial charge in [-0.3, -0.25) is 4.79 Å². The standard InChI is InChI=1S/C19H22N4O2S/c1-3-4-7-10-23-16-9-6-5-8-15(16)18(19(23)25)22-21-17(24)11-14-12-26-13(2)20-14/h5-6,8-9,12,25H,3-4,7,10-11H2,1-2H3. The number of rotatable bonds is 7. The van der Waals surface area contributed by atoms with Crippen LogP contribution in [0, 0.1) is 6.92 Å². The highest BCUT2D eigenvalue weighted by atomic mass is 32.1. The molecule has 2 heterocycles. The van der Waals surface area contributed by atoms with E-state index in [1.54, 1.807) is 0 Å². The summed E-state index contributed by atoms with van der Waals surface area (Å²) in [4.78, 5) is 16.3. The third-order valence-electron chi connectivity index (χ3n) is 4.16. The van der Waals surface area contributed by atoms with Gasteiger partial charge in [-0.05, 0) is 19.4 Å². The molecule has 3 rings (SSSR count). The quantitative estimate of drug-likeness (QED) is 0.461. The van der Waals surface area contributed by atoms with Crippen LogP contribution >= 0.6 is 11.3 Å². The lowest BCUT2D eigenvalue weighted by atomic mass is 10.2. The molecular weight excluding hydrogens is 348 g/mol. The number of benzene rings is 1. The SMILES string of the molecule is CCCCCn1c(O)c(N=NC(=O)Cc2csc(C)n2)c2ccccc21. The number of hydrogen-bond donors (Lipinski definition) is 1. The molecule has 2 aromatic heterocycles. The van der Waals surface area contributed by atoms with Crippen molar-refractivity contribution in [1.82, 2.24) is 9.55 Å². The third kappa shape index (κ3) is 3.99. The van der Waals surface area contributed by atoms with Gasteiger partial charge in [-0.15, -0.1) is 21.6 Å². The highest BCUT2D eigenvalue weighted by Gasteiger charge is 2.16. The van der Waals surface area contributed by atoms with Crippen molar-refractivity contribution in [3.8, 4) is 5.88 Å². The van der Waals surface area contributed by atoms with Gasteiger partial charge in [0.2, 0.25) is 5.88 Å². The van der Waals surface area contributed by atoms with Gasteiger partial charge >= 0.3 is 0 Å². The van der Waals surface area contributed by atoms with E-state index in [2.05, 4.69) is 22.1 Å². The monoisotopic (exact) mass is 370 g/mol. The van der Waals surface area contributed by atoms with Gasteiger partial charge in [-0.2, -0.15) is 0 Å². The van der Waals surface area contributed by atoms with Gasteiger partial charge in [0.1, 0.15) is 0 Å². The Hall–Kier alpha value is -2.54. The number of fused-ring (bicyclic) bond motifs is 1. The molecule has 1 N–H and O–H groups in total. The van der Waals surface area contributed by atoms with Gasteiger partial charge < -0.3 is 9.67 Å². The number of thiazole rings is 1. The molecule has 1 aromatic carbocycles. The number of aryl methyl sites for hydroxylation is 2. The first kappa shape index (κ1) is 18.3. The predicted molar refractivity (Wildman–Crippen MR) is 103 cm³/mol. The Bertz CT molecular complexity index is 942. The van der Waals surface area contributed by atoms with E-state index in [4.69, 9.17) is 0 Å². The zero-order chi connectivity index (χ0) is 18.5. The van der Waals surface area contributed by atoms with Crippen LogP contribution < -0.4 is 0 Å². The lowest BCUT2D eigenvalue weighted by Gasteiger charge is -2.05. The normalized spacial score (nSPS) is 11.6.